The average molecular weight is 280 g/mol. The molecule has 5 heteroatoms. The first-order valence-electron chi connectivity index (χ1n) is 6.47. The van der Waals surface area contributed by atoms with E-state index < -0.39 is 0 Å². The molecule has 2 aromatic rings. The average Bonchev–Trinajstić information content (AvgIpc) is 2.84. The molecule has 19 heavy (non-hydrogen) atoms. The molecular weight excluding hydrogens is 260 g/mol. The van der Waals surface area contributed by atoms with E-state index >= 15 is 0 Å². The van der Waals surface area contributed by atoms with E-state index in [0.717, 1.165) is 34.2 Å². The van der Waals surface area contributed by atoms with Gasteiger partial charge in [0.2, 0.25) is 5.89 Å². The zero-order chi connectivity index (χ0) is 13.7. The maximum Gasteiger partial charge on any atom is 0.209 e. The van der Waals surface area contributed by atoms with E-state index in [1.807, 2.05) is 30.0 Å². The Bertz CT molecular complexity index is 527. The fraction of sp³-hybridized carbons (Fsp3) is 0.500. The van der Waals surface area contributed by atoms with Crippen LogP contribution in [-0.2, 0) is 6.54 Å². The van der Waals surface area contributed by atoms with Gasteiger partial charge in [-0.15, -0.1) is 0 Å². The molecule has 4 nitrogen and oxygen atoms in total. The highest BCUT2D eigenvalue weighted by atomic mass is 32.2. The number of rotatable bonds is 7. The summed E-state index contributed by atoms with van der Waals surface area (Å²) in [6.45, 7) is 5.00. The first-order valence-corrected chi connectivity index (χ1v) is 7.63. The zero-order valence-electron chi connectivity index (χ0n) is 11.6. The number of benzene rings is 1. The van der Waals surface area contributed by atoms with Crippen molar-refractivity contribution < 1.29 is 9.15 Å². The predicted octanol–water partition coefficient (Wildman–Crippen LogP) is 3.07. The summed E-state index contributed by atoms with van der Waals surface area (Å²) in [5.41, 5.74) is 1.64. The van der Waals surface area contributed by atoms with Crippen LogP contribution in [0.3, 0.4) is 0 Å². The van der Waals surface area contributed by atoms with E-state index in [0.29, 0.717) is 12.6 Å². The molecular formula is C14H20N2O2S. The van der Waals surface area contributed by atoms with Crippen molar-refractivity contribution in [1.29, 1.82) is 0 Å². The number of ether oxygens (including phenoxy) is 1. The van der Waals surface area contributed by atoms with E-state index in [1.165, 1.54) is 0 Å². The minimum absolute atomic E-state index is 0.453. The molecule has 1 unspecified atom stereocenters. The highest BCUT2D eigenvalue weighted by molar-refractivity contribution is 7.99. The number of hydrogen-bond acceptors (Lipinski definition) is 5. The van der Waals surface area contributed by atoms with Gasteiger partial charge in [-0.3, -0.25) is 0 Å². The van der Waals surface area contributed by atoms with Crippen LogP contribution < -0.4 is 10.1 Å². The van der Waals surface area contributed by atoms with Crippen molar-refractivity contribution in [3.8, 4) is 5.75 Å². The minimum atomic E-state index is 0.453. The van der Waals surface area contributed by atoms with Crippen molar-refractivity contribution in [2.24, 2.45) is 0 Å². The van der Waals surface area contributed by atoms with Crippen molar-refractivity contribution in [2.75, 3.05) is 18.6 Å². The van der Waals surface area contributed by atoms with Crippen LogP contribution in [-0.4, -0.2) is 29.6 Å². The van der Waals surface area contributed by atoms with Crippen LogP contribution in [0, 0.1) is 0 Å². The second kappa shape index (κ2) is 6.82. The maximum absolute atomic E-state index is 5.69. The standard InChI is InChI=1S/C14H20N2O2S/c1-4-19-9-10(2)15-8-14-16-12-7-11(17-3)5-6-13(12)18-14/h5-7,10,15H,4,8-9H2,1-3H3. The molecule has 0 saturated carbocycles. The molecule has 0 bridgehead atoms. The van der Waals surface area contributed by atoms with E-state index in [2.05, 4.69) is 24.1 Å². The lowest BCUT2D eigenvalue weighted by atomic mass is 10.3. The van der Waals surface area contributed by atoms with Crippen LogP contribution in [0.15, 0.2) is 22.6 Å². The third-order valence-electron chi connectivity index (χ3n) is 2.81. The van der Waals surface area contributed by atoms with Crippen LogP contribution in [0.4, 0.5) is 0 Å². The summed E-state index contributed by atoms with van der Waals surface area (Å²) >= 11 is 1.93. The Hall–Kier alpha value is -1.20. The zero-order valence-corrected chi connectivity index (χ0v) is 12.4. The summed E-state index contributed by atoms with van der Waals surface area (Å²) in [5, 5.41) is 3.41. The molecule has 0 radical (unpaired) electrons. The first-order chi connectivity index (χ1) is 9.22. The molecule has 1 aromatic heterocycles. The SMILES string of the molecule is CCSCC(C)NCc1nc2cc(OC)ccc2o1. The molecule has 0 fully saturated rings. The van der Waals surface area contributed by atoms with Gasteiger partial charge in [0.05, 0.1) is 13.7 Å². The number of methoxy groups -OCH3 is 1. The van der Waals surface area contributed by atoms with Crippen molar-refractivity contribution >= 4 is 22.9 Å². The fourth-order valence-electron chi connectivity index (χ4n) is 1.77. The summed E-state index contributed by atoms with van der Waals surface area (Å²) in [6, 6.07) is 6.11. The molecule has 0 aliphatic rings. The molecule has 0 spiro atoms. The van der Waals surface area contributed by atoms with E-state index in [-0.39, 0.29) is 0 Å². The summed E-state index contributed by atoms with van der Waals surface area (Å²) in [4.78, 5) is 4.46. The number of fused-ring (bicyclic) bond motifs is 1. The van der Waals surface area contributed by atoms with E-state index in [4.69, 9.17) is 9.15 Å². The Labute approximate surface area is 117 Å². The highest BCUT2D eigenvalue weighted by Crippen LogP contribution is 2.21. The molecule has 1 heterocycles. The lowest BCUT2D eigenvalue weighted by molar-refractivity contribution is 0.415. The third-order valence-corrected chi connectivity index (χ3v) is 3.96. The van der Waals surface area contributed by atoms with Crippen molar-refractivity contribution in [2.45, 2.75) is 26.4 Å². The fourth-order valence-corrected chi connectivity index (χ4v) is 2.48. The monoisotopic (exact) mass is 280 g/mol. The quantitative estimate of drug-likeness (QED) is 0.844. The molecule has 0 aliphatic heterocycles. The number of nitrogens with one attached hydrogen (secondary N) is 1. The van der Waals surface area contributed by atoms with Gasteiger partial charge < -0.3 is 14.5 Å². The molecule has 1 N–H and O–H groups in total. The largest absolute Gasteiger partial charge is 0.497 e. The first kappa shape index (κ1) is 14.2. The van der Waals surface area contributed by atoms with Gasteiger partial charge in [0.1, 0.15) is 11.3 Å². The summed E-state index contributed by atoms with van der Waals surface area (Å²) in [7, 11) is 1.65. The molecule has 2 rings (SSSR count). The maximum atomic E-state index is 5.69. The Morgan fingerprint density at radius 1 is 1.47 bits per heavy atom. The van der Waals surface area contributed by atoms with Gasteiger partial charge in [-0.25, -0.2) is 4.98 Å². The summed E-state index contributed by atoms with van der Waals surface area (Å²) in [5.74, 6) is 3.77. The highest BCUT2D eigenvalue weighted by Gasteiger charge is 2.08. The minimum Gasteiger partial charge on any atom is -0.497 e. The normalized spacial score (nSPS) is 12.8. The smallest absolute Gasteiger partial charge is 0.209 e. The third kappa shape index (κ3) is 3.88. The van der Waals surface area contributed by atoms with Crippen LogP contribution in [0.1, 0.15) is 19.7 Å². The van der Waals surface area contributed by atoms with Gasteiger partial charge in [0, 0.05) is 17.9 Å². The number of aromatic nitrogens is 1. The molecule has 0 aliphatic carbocycles. The lowest BCUT2D eigenvalue weighted by Crippen LogP contribution is -2.27. The van der Waals surface area contributed by atoms with Crippen LogP contribution in [0.5, 0.6) is 5.75 Å². The second-order valence-corrected chi connectivity index (χ2v) is 5.70. The van der Waals surface area contributed by atoms with Gasteiger partial charge in [-0.05, 0) is 24.8 Å². The Morgan fingerprint density at radius 3 is 3.05 bits per heavy atom. The number of oxazole rings is 1. The van der Waals surface area contributed by atoms with Crippen LogP contribution in [0.25, 0.3) is 11.1 Å². The van der Waals surface area contributed by atoms with Crippen LogP contribution in [0.2, 0.25) is 0 Å². The lowest BCUT2D eigenvalue weighted by Gasteiger charge is -2.10. The van der Waals surface area contributed by atoms with Gasteiger partial charge in [0.15, 0.2) is 5.58 Å². The summed E-state index contributed by atoms with van der Waals surface area (Å²) < 4.78 is 10.9. The van der Waals surface area contributed by atoms with Crippen molar-refractivity contribution in [1.82, 2.24) is 10.3 Å². The van der Waals surface area contributed by atoms with Crippen molar-refractivity contribution in [3.63, 3.8) is 0 Å². The Kier molecular flexibility index (Phi) is 5.10. The number of hydrogen-bond donors (Lipinski definition) is 1. The second-order valence-electron chi connectivity index (χ2n) is 4.38. The molecule has 0 amide bonds. The Balaban J connectivity index is 1.97. The Morgan fingerprint density at radius 2 is 2.32 bits per heavy atom. The molecule has 0 saturated heterocycles. The molecule has 104 valence electrons. The van der Waals surface area contributed by atoms with E-state index in [1.54, 1.807) is 7.11 Å². The van der Waals surface area contributed by atoms with Gasteiger partial charge >= 0.3 is 0 Å². The van der Waals surface area contributed by atoms with Gasteiger partial charge in [-0.2, -0.15) is 11.8 Å². The van der Waals surface area contributed by atoms with Crippen molar-refractivity contribution in [3.05, 3.63) is 24.1 Å². The van der Waals surface area contributed by atoms with Gasteiger partial charge in [-0.1, -0.05) is 6.92 Å². The topological polar surface area (TPSA) is 47.3 Å². The predicted molar refractivity (Wildman–Crippen MR) is 79.9 cm³/mol. The van der Waals surface area contributed by atoms with Crippen LogP contribution >= 0.6 is 11.8 Å². The molecule has 1 aromatic carbocycles. The number of nitrogens with zero attached hydrogens (tertiary/aromatic N) is 1. The molecule has 1 atom stereocenters. The number of thioether (sulfide) groups is 1. The van der Waals surface area contributed by atoms with E-state index in [9.17, 15) is 0 Å². The van der Waals surface area contributed by atoms with Gasteiger partial charge in [0.25, 0.3) is 0 Å². The summed E-state index contributed by atoms with van der Waals surface area (Å²) in [6.07, 6.45) is 0.